The van der Waals surface area contributed by atoms with Gasteiger partial charge in [0.05, 0.1) is 6.61 Å². The molecule has 0 aliphatic heterocycles. The molecule has 0 amide bonds. The molecule has 0 rings (SSSR count). The van der Waals surface area contributed by atoms with Gasteiger partial charge in [-0.3, -0.25) is 9.59 Å². The first-order valence-corrected chi connectivity index (χ1v) is 27.4. The van der Waals surface area contributed by atoms with E-state index in [9.17, 15) is 14.7 Å². The van der Waals surface area contributed by atoms with E-state index in [-0.39, 0.29) is 25.2 Å². The Kier molecular flexibility index (Phi) is 53.0. The van der Waals surface area contributed by atoms with Crippen LogP contribution in [0.2, 0.25) is 0 Å². The van der Waals surface area contributed by atoms with Crippen molar-refractivity contribution in [2.75, 3.05) is 13.2 Å². The minimum atomic E-state index is -0.794. The molecule has 1 unspecified atom stereocenters. The summed E-state index contributed by atoms with van der Waals surface area (Å²) in [6.07, 6.45) is 80.5. The van der Waals surface area contributed by atoms with Crippen LogP contribution in [0.4, 0.5) is 0 Å². The first-order chi connectivity index (χ1) is 32.6. The van der Waals surface area contributed by atoms with Crippen LogP contribution in [-0.4, -0.2) is 36.4 Å². The van der Waals surface area contributed by atoms with Gasteiger partial charge in [-0.1, -0.05) is 239 Å². The van der Waals surface area contributed by atoms with E-state index in [1.807, 2.05) is 0 Å². The van der Waals surface area contributed by atoms with Crippen molar-refractivity contribution in [2.45, 2.75) is 251 Å². The molecule has 0 bridgehead atoms. The molecule has 0 heterocycles. The van der Waals surface area contributed by atoms with Crippen molar-refractivity contribution in [3.8, 4) is 0 Å². The van der Waals surface area contributed by atoms with Crippen LogP contribution < -0.4 is 0 Å². The van der Waals surface area contributed by atoms with Crippen LogP contribution in [0.1, 0.15) is 245 Å². The molecule has 5 heteroatoms. The number of esters is 2. The van der Waals surface area contributed by atoms with Crippen molar-refractivity contribution in [3.05, 3.63) is 109 Å². The van der Waals surface area contributed by atoms with E-state index in [0.29, 0.717) is 12.8 Å². The third kappa shape index (κ3) is 53.2. The number of unbranched alkanes of at least 4 members (excludes halogenated alkanes) is 23. The van der Waals surface area contributed by atoms with Crippen LogP contribution in [0.15, 0.2) is 109 Å². The van der Waals surface area contributed by atoms with Crippen LogP contribution in [0.25, 0.3) is 0 Å². The normalized spacial score (nSPS) is 13.1. The highest BCUT2D eigenvalue weighted by Crippen LogP contribution is 2.15. The summed E-state index contributed by atoms with van der Waals surface area (Å²) >= 11 is 0. The molecular formula is C61H102O5. The summed E-state index contributed by atoms with van der Waals surface area (Å²) in [7, 11) is 0. The van der Waals surface area contributed by atoms with Gasteiger partial charge in [-0.15, -0.1) is 0 Å². The zero-order valence-electron chi connectivity index (χ0n) is 42.9. The topological polar surface area (TPSA) is 72.8 Å². The summed E-state index contributed by atoms with van der Waals surface area (Å²) in [5, 5.41) is 9.64. The van der Waals surface area contributed by atoms with Crippen molar-refractivity contribution in [2.24, 2.45) is 0 Å². The van der Waals surface area contributed by atoms with Crippen LogP contribution in [0, 0.1) is 0 Å². The SMILES string of the molecule is CC/C=C\C/C=C\C/C=C\C/C=C\C/C=C\C/C=C\C/C=C\C/C=C\CCCCCCC(=O)OC(CO)COC(=O)CCCCCCCCCCCCC/C=C\CCCCCCCCCC. The summed E-state index contributed by atoms with van der Waals surface area (Å²) in [4.78, 5) is 24.5. The first kappa shape index (κ1) is 62.6. The maximum absolute atomic E-state index is 12.3. The molecule has 0 aromatic heterocycles. The fourth-order valence-electron chi connectivity index (χ4n) is 7.45. The Hall–Kier alpha value is -3.44. The number of ether oxygens (including phenoxy) is 2. The van der Waals surface area contributed by atoms with E-state index in [2.05, 4.69) is 123 Å². The molecular weight excluding hydrogens is 813 g/mol. The van der Waals surface area contributed by atoms with Gasteiger partial charge in [0.15, 0.2) is 6.10 Å². The number of hydrogen-bond acceptors (Lipinski definition) is 5. The Morgan fingerprint density at radius 2 is 0.652 bits per heavy atom. The maximum Gasteiger partial charge on any atom is 0.306 e. The molecule has 0 saturated heterocycles. The van der Waals surface area contributed by atoms with Gasteiger partial charge < -0.3 is 14.6 Å². The third-order valence-corrected chi connectivity index (χ3v) is 11.6. The predicted octanol–water partition coefficient (Wildman–Crippen LogP) is 18.5. The Morgan fingerprint density at radius 3 is 1.00 bits per heavy atom. The van der Waals surface area contributed by atoms with Gasteiger partial charge in [0.2, 0.25) is 0 Å². The first-order valence-electron chi connectivity index (χ1n) is 27.4. The summed E-state index contributed by atoms with van der Waals surface area (Å²) < 4.78 is 10.7. The van der Waals surface area contributed by atoms with E-state index in [1.165, 1.54) is 116 Å². The summed E-state index contributed by atoms with van der Waals surface area (Å²) in [5.74, 6) is -0.623. The van der Waals surface area contributed by atoms with E-state index in [1.54, 1.807) is 0 Å². The van der Waals surface area contributed by atoms with E-state index in [4.69, 9.17) is 9.47 Å². The molecule has 0 fully saturated rings. The average Bonchev–Trinajstić information content (AvgIpc) is 3.32. The molecule has 0 aliphatic carbocycles. The fourth-order valence-corrected chi connectivity index (χ4v) is 7.45. The van der Waals surface area contributed by atoms with Crippen LogP contribution in [0.3, 0.4) is 0 Å². The summed E-state index contributed by atoms with van der Waals surface area (Å²) in [6.45, 7) is 4.01. The second kappa shape index (κ2) is 55.9. The Morgan fingerprint density at radius 1 is 0.364 bits per heavy atom. The lowest BCUT2D eigenvalue weighted by atomic mass is 10.0. The lowest BCUT2D eigenvalue weighted by Gasteiger charge is -2.15. The largest absolute Gasteiger partial charge is 0.462 e. The lowest BCUT2D eigenvalue weighted by molar-refractivity contribution is -0.161. The standard InChI is InChI=1S/C61H102O5/c1-3-5-7-9-11-13-15-17-19-21-23-25-27-28-29-30-31-32-34-36-38-40-42-44-46-48-50-52-54-56-61(64)66-59(57-62)58-65-60(63)55-53-51-49-47-45-43-41-39-37-35-33-26-24-22-20-18-16-14-12-10-8-6-4-2/h5,7,11,13,17,19,22-25,28-29,31-32,36,38,42,44,59,62H,3-4,6,8-10,12,14-16,18,20-21,26-27,30,33-35,37,39-41,43,45-58H2,1-2H3/b7-5-,13-11-,19-17-,24-22-,25-23-,29-28-,32-31-,38-36-,44-42-. The van der Waals surface area contributed by atoms with Gasteiger partial charge in [-0.05, 0) is 103 Å². The number of rotatable bonds is 49. The van der Waals surface area contributed by atoms with Crippen molar-refractivity contribution in [1.29, 1.82) is 0 Å². The van der Waals surface area contributed by atoms with E-state index < -0.39 is 6.10 Å². The summed E-state index contributed by atoms with van der Waals surface area (Å²) in [6, 6.07) is 0. The molecule has 66 heavy (non-hydrogen) atoms. The van der Waals surface area contributed by atoms with Gasteiger partial charge in [0.1, 0.15) is 6.61 Å². The van der Waals surface area contributed by atoms with Crippen molar-refractivity contribution >= 4 is 11.9 Å². The van der Waals surface area contributed by atoms with Crippen molar-refractivity contribution in [3.63, 3.8) is 0 Å². The lowest BCUT2D eigenvalue weighted by Crippen LogP contribution is -2.28. The van der Waals surface area contributed by atoms with E-state index >= 15 is 0 Å². The molecule has 0 aromatic rings. The van der Waals surface area contributed by atoms with Gasteiger partial charge in [0.25, 0.3) is 0 Å². The molecule has 1 atom stereocenters. The number of hydrogen-bond donors (Lipinski definition) is 1. The Bertz CT molecular complexity index is 1310. The van der Waals surface area contributed by atoms with E-state index in [0.717, 1.165) is 103 Å². The second-order valence-corrected chi connectivity index (χ2v) is 17.9. The maximum atomic E-state index is 12.3. The quantitative estimate of drug-likeness (QED) is 0.0374. The number of aliphatic hydroxyl groups is 1. The average molecular weight is 915 g/mol. The Balaban J connectivity index is 3.61. The smallest absolute Gasteiger partial charge is 0.306 e. The number of carbonyl (C=O) groups excluding carboxylic acids is 2. The Labute approximate surface area is 408 Å². The number of allylic oxidation sites excluding steroid dienone is 18. The molecule has 0 saturated carbocycles. The highest BCUT2D eigenvalue weighted by atomic mass is 16.6. The molecule has 0 aromatic carbocycles. The third-order valence-electron chi connectivity index (χ3n) is 11.6. The van der Waals surface area contributed by atoms with Gasteiger partial charge in [-0.25, -0.2) is 0 Å². The molecule has 5 nitrogen and oxygen atoms in total. The van der Waals surface area contributed by atoms with Crippen LogP contribution in [0.5, 0.6) is 0 Å². The van der Waals surface area contributed by atoms with Crippen molar-refractivity contribution in [1.82, 2.24) is 0 Å². The van der Waals surface area contributed by atoms with Crippen LogP contribution >= 0.6 is 0 Å². The summed E-state index contributed by atoms with van der Waals surface area (Å²) in [5.41, 5.74) is 0. The fraction of sp³-hybridized carbons (Fsp3) is 0.672. The minimum Gasteiger partial charge on any atom is -0.462 e. The highest BCUT2D eigenvalue weighted by Gasteiger charge is 2.16. The molecule has 0 spiro atoms. The van der Waals surface area contributed by atoms with Gasteiger partial charge in [0, 0.05) is 12.8 Å². The number of aliphatic hydroxyl groups excluding tert-OH is 1. The highest BCUT2D eigenvalue weighted by molar-refractivity contribution is 5.70. The van der Waals surface area contributed by atoms with Crippen molar-refractivity contribution < 1.29 is 24.2 Å². The molecule has 1 N–H and O–H groups in total. The molecule has 376 valence electrons. The van der Waals surface area contributed by atoms with Gasteiger partial charge in [-0.2, -0.15) is 0 Å². The second-order valence-electron chi connectivity index (χ2n) is 17.9. The molecule has 0 aliphatic rings. The minimum absolute atomic E-state index is 0.0822. The van der Waals surface area contributed by atoms with Gasteiger partial charge >= 0.3 is 11.9 Å². The number of carbonyl (C=O) groups is 2. The van der Waals surface area contributed by atoms with Crippen LogP contribution in [-0.2, 0) is 19.1 Å². The molecule has 0 radical (unpaired) electrons. The zero-order chi connectivity index (χ0) is 47.7. The predicted molar refractivity (Wildman–Crippen MR) is 288 cm³/mol. The zero-order valence-corrected chi connectivity index (χ0v) is 42.9. The monoisotopic (exact) mass is 915 g/mol.